The van der Waals surface area contributed by atoms with E-state index in [0.717, 1.165) is 16.9 Å². The second-order valence-electron chi connectivity index (χ2n) is 6.49. The van der Waals surface area contributed by atoms with Crippen molar-refractivity contribution in [2.24, 2.45) is 0 Å². The molecule has 1 amide bonds. The lowest BCUT2D eigenvalue weighted by atomic mass is 10.0. The summed E-state index contributed by atoms with van der Waals surface area (Å²) in [4.78, 5) is 12.6. The summed E-state index contributed by atoms with van der Waals surface area (Å²) in [5.41, 5.74) is 4.13. The van der Waals surface area contributed by atoms with E-state index < -0.39 is 0 Å². The maximum Gasteiger partial charge on any atom is 0.251 e. The van der Waals surface area contributed by atoms with Crippen LogP contribution in [0.15, 0.2) is 42.5 Å². The number of hydrogen-bond donors (Lipinski definition) is 1. The van der Waals surface area contributed by atoms with Gasteiger partial charge < -0.3 is 10.1 Å². The predicted molar refractivity (Wildman–Crippen MR) is 112 cm³/mol. The Bertz CT molecular complexity index is 755. The zero-order valence-corrected chi connectivity index (χ0v) is 17.1. The molecule has 0 unspecified atom stereocenters. The lowest BCUT2D eigenvalue weighted by molar-refractivity contribution is 0.0939. The van der Waals surface area contributed by atoms with Gasteiger partial charge in [-0.2, -0.15) is 0 Å². The summed E-state index contributed by atoms with van der Waals surface area (Å²) in [6, 6.07) is 13.9. The van der Waals surface area contributed by atoms with Gasteiger partial charge in [-0.1, -0.05) is 29.8 Å². The Morgan fingerprint density at radius 3 is 2.50 bits per heavy atom. The van der Waals surface area contributed by atoms with Gasteiger partial charge in [-0.15, -0.1) is 23.5 Å². The van der Waals surface area contributed by atoms with E-state index in [1.54, 1.807) is 7.11 Å². The van der Waals surface area contributed by atoms with Crippen LogP contribution < -0.4 is 10.1 Å². The molecule has 0 spiro atoms. The quantitative estimate of drug-likeness (QED) is 0.749. The Morgan fingerprint density at radius 1 is 1.15 bits per heavy atom. The first-order valence-corrected chi connectivity index (χ1v) is 11.0. The summed E-state index contributed by atoms with van der Waals surface area (Å²) in [6.45, 7) is 4.02. The van der Waals surface area contributed by atoms with Crippen LogP contribution >= 0.6 is 23.5 Å². The van der Waals surface area contributed by atoms with E-state index in [9.17, 15) is 4.79 Å². The zero-order chi connectivity index (χ0) is 18.5. The molecule has 1 N–H and O–H groups in total. The van der Waals surface area contributed by atoms with E-state index in [1.165, 1.54) is 23.5 Å². The molecule has 1 aliphatic rings. The number of hydrogen-bond acceptors (Lipinski definition) is 4. The molecule has 0 saturated carbocycles. The third kappa shape index (κ3) is 4.57. The first kappa shape index (κ1) is 19.2. The first-order valence-electron chi connectivity index (χ1n) is 8.87. The third-order valence-electron chi connectivity index (χ3n) is 4.47. The maximum absolute atomic E-state index is 12.6. The molecule has 1 heterocycles. The van der Waals surface area contributed by atoms with Crippen molar-refractivity contribution in [2.75, 3.05) is 18.6 Å². The van der Waals surface area contributed by atoms with Gasteiger partial charge >= 0.3 is 0 Å². The molecule has 2 aromatic rings. The van der Waals surface area contributed by atoms with Crippen LogP contribution in [0.4, 0.5) is 0 Å². The van der Waals surface area contributed by atoms with Gasteiger partial charge in [0.15, 0.2) is 0 Å². The van der Waals surface area contributed by atoms with Crippen molar-refractivity contribution < 1.29 is 9.53 Å². The molecule has 3 nitrogen and oxygen atoms in total. The van der Waals surface area contributed by atoms with Gasteiger partial charge in [-0.25, -0.2) is 0 Å². The Labute approximate surface area is 164 Å². The highest BCUT2D eigenvalue weighted by Gasteiger charge is 2.18. The normalized spacial score (nSPS) is 16.1. The van der Waals surface area contributed by atoms with Gasteiger partial charge in [-0.05, 0) is 55.5 Å². The summed E-state index contributed by atoms with van der Waals surface area (Å²) in [5.74, 6) is 3.17. The van der Waals surface area contributed by atoms with E-state index in [2.05, 4.69) is 23.5 Å². The number of amides is 1. The van der Waals surface area contributed by atoms with Crippen LogP contribution in [0.25, 0.3) is 0 Å². The Kier molecular flexibility index (Phi) is 6.54. The van der Waals surface area contributed by atoms with Crippen LogP contribution in [0.2, 0.25) is 0 Å². The molecule has 0 bridgehead atoms. The topological polar surface area (TPSA) is 38.3 Å². The van der Waals surface area contributed by atoms with Crippen molar-refractivity contribution >= 4 is 29.4 Å². The van der Waals surface area contributed by atoms with Crippen LogP contribution in [0.5, 0.6) is 5.75 Å². The van der Waals surface area contributed by atoms with Gasteiger partial charge in [0.05, 0.1) is 17.7 Å². The van der Waals surface area contributed by atoms with Crippen LogP contribution in [-0.4, -0.2) is 24.5 Å². The molecule has 0 aromatic heterocycles. The summed E-state index contributed by atoms with van der Waals surface area (Å²) in [5, 5.41) is 3.08. The van der Waals surface area contributed by atoms with E-state index >= 15 is 0 Å². The molecule has 5 heteroatoms. The van der Waals surface area contributed by atoms with Gasteiger partial charge in [-0.3, -0.25) is 4.79 Å². The minimum atomic E-state index is -0.124. The van der Waals surface area contributed by atoms with Gasteiger partial charge in [0.1, 0.15) is 5.75 Å². The molecule has 0 radical (unpaired) electrons. The molecule has 2 aromatic carbocycles. The zero-order valence-electron chi connectivity index (χ0n) is 15.5. The molecule has 138 valence electrons. The van der Waals surface area contributed by atoms with Crippen molar-refractivity contribution in [1.82, 2.24) is 5.32 Å². The molecule has 1 fully saturated rings. The highest BCUT2D eigenvalue weighted by molar-refractivity contribution is 8.16. The summed E-state index contributed by atoms with van der Waals surface area (Å²) in [7, 11) is 1.66. The molecule has 26 heavy (non-hydrogen) atoms. The van der Waals surface area contributed by atoms with E-state index in [0.29, 0.717) is 10.1 Å². The second kappa shape index (κ2) is 8.87. The fraction of sp³-hybridized carbons (Fsp3) is 0.381. The monoisotopic (exact) mass is 387 g/mol. The SMILES string of the molecule is COc1ccc(C)cc1[C@H](C)NC(=O)c1ccc(C2SCCCS2)cc1. The number of thioether (sulfide) groups is 2. The van der Waals surface area contributed by atoms with Gasteiger partial charge in [0, 0.05) is 11.1 Å². The number of aryl methyl sites for hydroxylation is 1. The average molecular weight is 388 g/mol. The standard InChI is InChI=1S/C21H25NO2S2/c1-14-5-10-19(24-3)18(13-14)15(2)22-20(23)16-6-8-17(9-7-16)21-25-11-4-12-26-21/h5-10,13,15,21H,4,11-12H2,1-3H3,(H,22,23)/t15-/m0/s1. The average Bonchev–Trinajstić information content (AvgIpc) is 2.68. The number of carbonyl (C=O) groups is 1. The number of carbonyl (C=O) groups excluding carboxylic acids is 1. The van der Waals surface area contributed by atoms with Crippen LogP contribution in [0, 0.1) is 6.92 Å². The summed E-state index contributed by atoms with van der Waals surface area (Å²) >= 11 is 3.98. The van der Waals surface area contributed by atoms with Crippen molar-refractivity contribution in [2.45, 2.75) is 30.9 Å². The predicted octanol–water partition coefficient (Wildman–Crippen LogP) is 5.36. The van der Waals surface area contributed by atoms with E-state index in [1.807, 2.05) is 61.6 Å². The molecular weight excluding hydrogens is 362 g/mol. The van der Waals surface area contributed by atoms with Crippen molar-refractivity contribution in [3.63, 3.8) is 0 Å². The molecule has 0 aliphatic carbocycles. The number of nitrogens with one attached hydrogen (secondary N) is 1. The fourth-order valence-electron chi connectivity index (χ4n) is 3.02. The Balaban J connectivity index is 1.68. The van der Waals surface area contributed by atoms with E-state index in [4.69, 9.17) is 4.74 Å². The Morgan fingerprint density at radius 2 is 1.85 bits per heavy atom. The van der Waals surface area contributed by atoms with Crippen molar-refractivity contribution in [3.8, 4) is 5.75 Å². The highest BCUT2D eigenvalue weighted by Crippen LogP contribution is 2.43. The Hall–Kier alpha value is -1.59. The number of methoxy groups -OCH3 is 1. The smallest absolute Gasteiger partial charge is 0.251 e. The molecule has 1 atom stereocenters. The molecule has 1 aliphatic heterocycles. The lowest BCUT2D eigenvalue weighted by Crippen LogP contribution is -2.27. The van der Waals surface area contributed by atoms with Crippen molar-refractivity contribution in [3.05, 3.63) is 64.7 Å². The van der Waals surface area contributed by atoms with Crippen molar-refractivity contribution in [1.29, 1.82) is 0 Å². The second-order valence-corrected chi connectivity index (χ2v) is 9.21. The lowest BCUT2D eigenvalue weighted by Gasteiger charge is -2.21. The molecule has 1 saturated heterocycles. The fourth-order valence-corrected chi connectivity index (χ4v) is 5.92. The van der Waals surface area contributed by atoms with Crippen LogP contribution in [0.1, 0.15) is 51.0 Å². The third-order valence-corrected chi connectivity index (χ3v) is 7.49. The number of benzene rings is 2. The highest BCUT2D eigenvalue weighted by atomic mass is 32.2. The number of ether oxygens (including phenoxy) is 1. The summed E-state index contributed by atoms with van der Waals surface area (Å²) in [6.07, 6.45) is 1.28. The molecular formula is C21H25NO2S2. The maximum atomic E-state index is 12.6. The number of rotatable bonds is 5. The van der Waals surface area contributed by atoms with E-state index in [-0.39, 0.29) is 11.9 Å². The minimum Gasteiger partial charge on any atom is -0.496 e. The summed E-state index contributed by atoms with van der Waals surface area (Å²) < 4.78 is 5.93. The largest absolute Gasteiger partial charge is 0.496 e. The minimum absolute atomic E-state index is 0.0587. The van der Waals surface area contributed by atoms with Gasteiger partial charge in [0.25, 0.3) is 5.91 Å². The molecule has 3 rings (SSSR count). The van der Waals surface area contributed by atoms with Gasteiger partial charge in [0.2, 0.25) is 0 Å². The van der Waals surface area contributed by atoms with Crippen LogP contribution in [-0.2, 0) is 0 Å². The first-order chi connectivity index (χ1) is 12.6. The van der Waals surface area contributed by atoms with Crippen LogP contribution in [0.3, 0.4) is 0 Å².